The summed E-state index contributed by atoms with van der Waals surface area (Å²) in [6.45, 7) is 1.84. The number of methoxy groups -OCH3 is 1. The van der Waals surface area contributed by atoms with Crippen molar-refractivity contribution in [3.63, 3.8) is 0 Å². The fourth-order valence-corrected chi connectivity index (χ4v) is 2.04. The first-order valence-corrected chi connectivity index (χ1v) is 5.75. The minimum absolute atomic E-state index is 0.226. The van der Waals surface area contributed by atoms with Gasteiger partial charge in [0.2, 0.25) is 0 Å². The van der Waals surface area contributed by atoms with Crippen LogP contribution in [0.5, 0.6) is 0 Å². The summed E-state index contributed by atoms with van der Waals surface area (Å²) in [5.74, 6) is -0.410. The Morgan fingerprint density at radius 2 is 2.41 bits per heavy atom. The number of carbonyl (C=O) groups is 1. The summed E-state index contributed by atoms with van der Waals surface area (Å²) in [4.78, 5) is 17.5. The van der Waals surface area contributed by atoms with E-state index in [1.807, 2.05) is 6.07 Å². The topological polar surface area (TPSA) is 68.5 Å². The van der Waals surface area contributed by atoms with Gasteiger partial charge < -0.3 is 15.4 Å². The van der Waals surface area contributed by atoms with Crippen molar-refractivity contribution >= 4 is 11.7 Å². The van der Waals surface area contributed by atoms with Gasteiger partial charge in [0.25, 0.3) is 0 Å². The van der Waals surface area contributed by atoms with Gasteiger partial charge in [-0.05, 0) is 25.0 Å². The van der Waals surface area contributed by atoms with Crippen LogP contribution in [0.3, 0.4) is 0 Å². The lowest BCUT2D eigenvalue weighted by Gasteiger charge is -2.32. The van der Waals surface area contributed by atoms with E-state index in [2.05, 4.69) is 14.6 Å². The molecular weight excluding hydrogens is 218 g/mol. The molecule has 0 aliphatic carbocycles. The monoisotopic (exact) mass is 235 g/mol. The number of carbonyl (C=O) groups excluding carboxylic acids is 1. The zero-order valence-electron chi connectivity index (χ0n) is 9.93. The van der Waals surface area contributed by atoms with Gasteiger partial charge in [-0.2, -0.15) is 0 Å². The largest absolute Gasteiger partial charge is 0.464 e. The van der Waals surface area contributed by atoms with E-state index in [0.29, 0.717) is 5.69 Å². The minimum atomic E-state index is -0.410. The Morgan fingerprint density at radius 1 is 1.59 bits per heavy atom. The Balaban J connectivity index is 2.09. The zero-order valence-corrected chi connectivity index (χ0v) is 9.93. The second-order valence-corrected chi connectivity index (χ2v) is 4.24. The Morgan fingerprint density at radius 3 is 3.00 bits per heavy atom. The number of rotatable bonds is 2. The van der Waals surface area contributed by atoms with Crippen LogP contribution in [0.4, 0.5) is 5.69 Å². The second kappa shape index (κ2) is 5.14. The molecule has 92 valence electrons. The van der Waals surface area contributed by atoms with Crippen molar-refractivity contribution in [1.29, 1.82) is 0 Å². The highest BCUT2D eigenvalue weighted by Gasteiger charge is 2.17. The van der Waals surface area contributed by atoms with E-state index in [9.17, 15) is 4.79 Å². The SMILES string of the molecule is COC(=O)c1ccc(N2CCCC(N)C2)cn1. The van der Waals surface area contributed by atoms with Crippen LogP contribution in [0.25, 0.3) is 0 Å². The molecule has 1 aromatic heterocycles. The van der Waals surface area contributed by atoms with Crippen LogP contribution in [-0.2, 0) is 4.74 Å². The van der Waals surface area contributed by atoms with Gasteiger partial charge in [-0.25, -0.2) is 9.78 Å². The van der Waals surface area contributed by atoms with Crippen molar-refractivity contribution in [1.82, 2.24) is 4.98 Å². The summed E-state index contributed by atoms with van der Waals surface area (Å²) in [5.41, 5.74) is 7.26. The molecule has 0 spiro atoms. The van der Waals surface area contributed by atoms with Crippen LogP contribution in [0.2, 0.25) is 0 Å². The lowest BCUT2D eigenvalue weighted by molar-refractivity contribution is 0.0594. The highest BCUT2D eigenvalue weighted by Crippen LogP contribution is 2.18. The predicted molar refractivity (Wildman–Crippen MR) is 65.0 cm³/mol. The van der Waals surface area contributed by atoms with E-state index in [0.717, 1.165) is 31.6 Å². The molecular formula is C12H17N3O2. The number of hydrogen-bond donors (Lipinski definition) is 1. The standard InChI is InChI=1S/C12H17N3O2/c1-17-12(16)11-5-4-10(7-14-11)15-6-2-3-9(13)8-15/h4-5,7,9H,2-3,6,8,13H2,1H3. The molecule has 2 N–H and O–H groups in total. The van der Waals surface area contributed by atoms with Gasteiger partial charge in [-0.1, -0.05) is 0 Å². The zero-order chi connectivity index (χ0) is 12.3. The number of nitrogens with two attached hydrogens (primary N) is 1. The maximum absolute atomic E-state index is 11.2. The summed E-state index contributed by atoms with van der Waals surface area (Å²) in [6.07, 6.45) is 3.87. The number of piperidine rings is 1. The minimum Gasteiger partial charge on any atom is -0.464 e. The molecule has 1 saturated heterocycles. The summed E-state index contributed by atoms with van der Waals surface area (Å²) in [5, 5.41) is 0. The molecule has 0 radical (unpaired) electrons. The molecule has 0 amide bonds. The molecule has 0 aromatic carbocycles. The molecule has 1 aromatic rings. The van der Waals surface area contributed by atoms with Crippen molar-refractivity contribution in [2.24, 2.45) is 5.73 Å². The third kappa shape index (κ3) is 2.74. The Kier molecular flexibility index (Phi) is 3.58. The van der Waals surface area contributed by atoms with Gasteiger partial charge >= 0.3 is 5.97 Å². The van der Waals surface area contributed by atoms with Crippen molar-refractivity contribution in [3.05, 3.63) is 24.0 Å². The second-order valence-electron chi connectivity index (χ2n) is 4.24. The smallest absolute Gasteiger partial charge is 0.356 e. The van der Waals surface area contributed by atoms with E-state index in [1.165, 1.54) is 7.11 Å². The Labute approximate surface area is 101 Å². The van der Waals surface area contributed by atoms with Crippen LogP contribution < -0.4 is 10.6 Å². The highest BCUT2D eigenvalue weighted by atomic mass is 16.5. The molecule has 0 saturated carbocycles. The third-order valence-corrected chi connectivity index (χ3v) is 2.97. The van der Waals surface area contributed by atoms with Gasteiger partial charge in [-0.3, -0.25) is 0 Å². The van der Waals surface area contributed by atoms with Gasteiger partial charge in [0, 0.05) is 19.1 Å². The van der Waals surface area contributed by atoms with E-state index >= 15 is 0 Å². The number of ether oxygens (including phenoxy) is 1. The summed E-state index contributed by atoms with van der Waals surface area (Å²) in [6, 6.07) is 3.79. The van der Waals surface area contributed by atoms with Crippen molar-refractivity contribution in [2.75, 3.05) is 25.1 Å². The van der Waals surface area contributed by atoms with Gasteiger partial charge in [-0.15, -0.1) is 0 Å². The highest BCUT2D eigenvalue weighted by molar-refractivity contribution is 5.87. The van der Waals surface area contributed by atoms with Crippen LogP contribution in [0.1, 0.15) is 23.3 Å². The quantitative estimate of drug-likeness (QED) is 0.768. The van der Waals surface area contributed by atoms with Gasteiger partial charge in [0.05, 0.1) is 19.0 Å². The van der Waals surface area contributed by atoms with Gasteiger partial charge in [0.1, 0.15) is 5.69 Å². The van der Waals surface area contributed by atoms with Crippen LogP contribution in [0.15, 0.2) is 18.3 Å². The number of nitrogens with zero attached hydrogens (tertiary/aromatic N) is 2. The van der Waals surface area contributed by atoms with Crippen LogP contribution in [-0.4, -0.2) is 37.2 Å². The number of anilines is 1. The number of pyridine rings is 1. The predicted octanol–water partition coefficient (Wildman–Crippen LogP) is 0.796. The molecule has 5 nitrogen and oxygen atoms in total. The summed E-state index contributed by atoms with van der Waals surface area (Å²) in [7, 11) is 1.35. The number of aromatic nitrogens is 1. The first-order chi connectivity index (χ1) is 8.20. The molecule has 1 aliphatic heterocycles. The first-order valence-electron chi connectivity index (χ1n) is 5.75. The summed E-state index contributed by atoms with van der Waals surface area (Å²) >= 11 is 0. The van der Waals surface area contributed by atoms with Crippen LogP contribution >= 0.6 is 0 Å². The fourth-order valence-electron chi connectivity index (χ4n) is 2.04. The van der Waals surface area contributed by atoms with E-state index in [1.54, 1.807) is 12.3 Å². The number of esters is 1. The molecule has 17 heavy (non-hydrogen) atoms. The maximum atomic E-state index is 11.2. The molecule has 1 unspecified atom stereocenters. The maximum Gasteiger partial charge on any atom is 0.356 e. The van der Waals surface area contributed by atoms with E-state index in [-0.39, 0.29) is 6.04 Å². The molecule has 2 rings (SSSR count). The van der Waals surface area contributed by atoms with Gasteiger partial charge in [0.15, 0.2) is 0 Å². The summed E-state index contributed by atoms with van der Waals surface area (Å²) < 4.78 is 4.60. The number of hydrogen-bond acceptors (Lipinski definition) is 5. The van der Waals surface area contributed by atoms with Crippen molar-refractivity contribution in [3.8, 4) is 0 Å². The van der Waals surface area contributed by atoms with Crippen molar-refractivity contribution < 1.29 is 9.53 Å². The molecule has 0 bridgehead atoms. The molecule has 1 atom stereocenters. The normalized spacial score (nSPS) is 20.1. The van der Waals surface area contributed by atoms with E-state index < -0.39 is 5.97 Å². The Hall–Kier alpha value is -1.62. The fraction of sp³-hybridized carbons (Fsp3) is 0.500. The average Bonchev–Trinajstić information content (AvgIpc) is 2.38. The lowest BCUT2D eigenvalue weighted by atomic mass is 10.1. The third-order valence-electron chi connectivity index (χ3n) is 2.97. The van der Waals surface area contributed by atoms with Crippen molar-refractivity contribution in [2.45, 2.75) is 18.9 Å². The average molecular weight is 235 g/mol. The molecule has 1 fully saturated rings. The Bertz CT molecular complexity index is 391. The molecule has 2 heterocycles. The first kappa shape index (κ1) is 11.9. The van der Waals surface area contributed by atoms with Crippen LogP contribution in [0, 0.1) is 0 Å². The van der Waals surface area contributed by atoms with E-state index in [4.69, 9.17) is 5.73 Å². The molecule has 5 heteroatoms. The lowest BCUT2D eigenvalue weighted by Crippen LogP contribution is -2.42. The molecule has 1 aliphatic rings.